The van der Waals surface area contributed by atoms with Crippen molar-refractivity contribution >= 4 is 110 Å². The molecule has 0 spiro atoms. The van der Waals surface area contributed by atoms with Gasteiger partial charge in [0, 0.05) is 0 Å². The fraction of sp³-hybridized carbons (Fsp3) is 0.125. The molecule has 2 rings (SSSR count). The molecule has 0 saturated heterocycles. The first-order chi connectivity index (χ1) is 12.3. The van der Waals surface area contributed by atoms with Gasteiger partial charge >= 0.3 is 89.0 Å². The van der Waals surface area contributed by atoms with Gasteiger partial charge in [0.15, 0.2) is 0 Å². The Balaban J connectivity index is 0.000000416. The summed E-state index contributed by atoms with van der Waals surface area (Å²) in [6, 6.07) is 21.6. The summed E-state index contributed by atoms with van der Waals surface area (Å²) in [6.07, 6.45) is 0. The molecule has 0 aliphatic rings. The van der Waals surface area contributed by atoms with Gasteiger partial charge in [-0.3, -0.25) is 0 Å². The summed E-state index contributed by atoms with van der Waals surface area (Å²) in [5.74, 6) is -3.42. The van der Waals surface area contributed by atoms with Crippen molar-refractivity contribution in [3.05, 3.63) is 60.7 Å². The molecule has 0 bridgehead atoms. The van der Waals surface area contributed by atoms with Crippen LogP contribution in [0, 0.1) is 0 Å². The Labute approximate surface area is 196 Å². The Bertz CT molecular complexity index is 641. The van der Waals surface area contributed by atoms with Crippen molar-refractivity contribution in [1.82, 2.24) is 0 Å². The molecule has 0 aromatic heterocycles. The number of benzene rings is 2. The van der Waals surface area contributed by atoms with Gasteiger partial charge in [-0.1, -0.05) is 69.6 Å². The molecule has 2 aromatic carbocycles. The summed E-state index contributed by atoms with van der Waals surface area (Å²) < 4.78 is -1.48. The Morgan fingerprint density at radius 2 is 0.852 bits per heavy atom. The zero-order chi connectivity index (χ0) is 21.1. The zero-order valence-corrected chi connectivity index (χ0v) is 20.6. The van der Waals surface area contributed by atoms with Crippen molar-refractivity contribution in [2.24, 2.45) is 0 Å². The van der Waals surface area contributed by atoms with Gasteiger partial charge < -0.3 is 19.8 Å². The fourth-order valence-electron chi connectivity index (χ4n) is 1.21. The predicted molar refractivity (Wildman–Crippen MR) is 108 cm³/mol. The van der Waals surface area contributed by atoms with E-state index in [-0.39, 0.29) is 0 Å². The van der Waals surface area contributed by atoms with Gasteiger partial charge in [0.1, 0.15) is 0 Å². The average Bonchev–Trinajstić information content (AvgIpc) is 2.56. The summed E-state index contributed by atoms with van der Waals surface area (Å²) >= 11 is 27.9. The molecule has 0 amide bonds. The zero-order valence-electron chi connectivity index (χ0n) is 13.2. The molecule has 0 saturated carbocycles. The normalized spacial score (nSPS) is 10.3. The van der Waals surface area contributed by atoms with Crippen LogP contribution in [0.5, 0.6) is 0 Å². The van der Waals surface area contributed by atoms with Crippen LogP contribution < -0.4 is 17.4 Å². The van der Waals surface area contributed by atoms with Gasteiger partial charge in [0.05, 0.1) is 11.9 Å². The van der Waals surface area contributed by atoms with Crippen molar-refractivity contribution in [3.63, 3.8) is 0 Å². The van der Waals surface area contributed by atoms with Crippen molar-refractivity contribution < 1.29 is 19.8 Å². The summed E-state index contributed by atoms with van der Waals surface area (Å²) in [7, 11) is 0. The van der Waals surface area contributed by atoms with E-state index >= 15 is 0 Å². The Morgan fingerprint density at radius 1 is 0.630 bits per heavy atom. The fourth-order valence-corrected chi connectivity index (χ4v) is 4.21. The molecule has 0 atom stereocenters. The average molecular weight is 598 g/mol. The van der Waals surface area contributed by atoms with Crippen LogP contribution in [0.25, 0.3) is 0 Å². The number of halogens is 6. The van der Waals surface area contributed by atoms with E-state index in [4.69, 9.17) is 69.6 Å². The number of alkyl halides is 6. The number of aliphatic carboxylic acids is 2. The number of rotatable bonds is 2. The molecule has 11 heteroatoms. The van der Waals surface area contributed by atoms with Crippen LogP contribution in [-0.4, -0.2) is 40.7 Å². The molecule has 27 heavy (non-hydrogen) atoms. The standard InChI is InChI=1S/2C6H5.2C2HCl3O2.Sn/c2*1-2-4-6-5-3-1;2*3-2(4,5)1(6)7;/h2*1-5H;2*(H,6,7);/q;;;;+2/p-2. The van der Waals surface area contributed by atoms with Crippen LogP contribution in [0.2, 0.25) is 0 Å². The molecule has 0 aliphatic carbocycles. The molecule has 0 fully saturated rings. The van der Waals surface area contributed by atoms with Gasteiger partial charge in [-0.05, 0) is 0 Å². The second-order valence-electron chi connectivity index (χ2n) is 4.43. The van der Waals surface area contributed by atoms with Crippen LogP contribution in [0.15, 0.2) is 60.7 Å². The minimum atomic E-state index is -2.28. The van der Waals surface area contributed by atoms with Crippen molar-refractivity contribution in [3.8, 4) is 0 Å². The van der Waals surface area contributed by atoms with E-state index in [1.165, 1.54) is 7.16 Å². The molecule has 4 nitrogen and oxygen atoms in total. The first-order valence-corrected chi connectivity index (χ1v) is 11.9. The number of carbonyl (C=O) groups is 2. The second kappa shape index (κ2) is 13.2. The van der Waals surface area contributed by atoms with E-state index in [0.29, 0.717) is 0 Å². The Morgan fingerprint density at radius 3 is 1.04 bits per heavy atom. The Hall–Kier alpha value is -0.0813. The van der Waals surface area contributed by atoms with E-state index < -0.39 is 40.7 Å². The van der Waals surface area contributed by atoms with E-state index in [9.17, 15) is 19.8 Å². The van der Waals surface area contributed by atoms with Gasteiger partial charge in [0.2, 0.25) is 7.59 Å². The quantitative estimate of drug-likeness (QED) is 0.389. The van der Waals surface area contributed by atoms with Crippen LogP contribution >= 0.6 is 69.6 Å². The molecular weight excluding hydrogens is 588 g/mol. The molecule has 2 aromatic rings. The first kappa shape index (κ1) is 26.9. The van der Waals surface area contributed by atoms with Crippen LogP contribution in [0.1, 0.15) is 0 Å². The molecule has 0 N–H and O–H groups in total. The maximum absolute atomic E-state index is 9.51. The summed E-state index contributed by atoms with van der Waals surface area (Å²) in [6.45, 7) is 0. The van der Waals surface area contributed by atoms with E-state index in [2.05, 4.69) is 60.7 Å². The molecular formula is C16H10Cl6O4Sn. The van der Waals surface area contributed by atoms with Gasteiger partial charge in [-0.25, -0.2) is 0 Å². The second-order valence-corrected chi connectivity index (χ2v) is 13.0. The molecule has 0 heterocycles. The molecule has 0 radical (unpaired) electrons. The third kappa shape index (κ3) is 14.6. The monoisotopic (exact) mass is 596 g/mol. The van der Waals surface area contributed by atoms with Gasteiger partial charge in [-0.2, -0.15) is 0 Å². The molecule has 0 aliphatic heterocycles. The third-order valence-corrected chi connectivity index (χ3v) is 6.78. The van der Waals surface area contributed by atoms with Crippen LogP contribution in [0.4, 0.5) is 0 Å². The number of carboxylic acids is 2. The van der Waals surface area contributed by atoms with Crippen LogP contribution in [-0.2, 0) is 9.59 Å². The number of carboxylic acid groups (broad SMARTS) is 2. The van der Waals surface area contributed by atoms with Crippen molar-refractivity contribution in [2.45, 2.75) is 7.59 Å². The summed E-state index contributed by atoms with van der Waals surface area (Å²) in [5, 5.41) is 19.0. The van der Waals surface area contributed by atoms with Crippen LogP contribution in [0.3, 0.4) is 0 Å². The third-order valence-electron chi connectivity index (χ3n) is 2.30. The van der Waals surface area contributed by atoms with Gasteiger partial charge in [-0.15, -0.1) is 0 Å². The molecule has 0 unspecified atom stereocenters. The number of hydrogen-bond acceptors (Lipinski definition) is 4. The number of carbonyl (C=O) groups excluding carboxylic acids is 2. The number of hydrogen-bond donors (Lipinski definition) is 0. The SMILES string of the molecule is O=C([O-])C(Cl)(Cl)Cl.O=C([O-])C(Cl)(Cl)Cl.c1cc[c]([Sn+2][c]2ccccc2)cc1. The summed E-state index contributed by atoms with van der Waals surface area (Å²) in [4.78, 5) is 19.0. The van der Waals surface area contributed by atoms with Gasteiger partial charge in [0.25, 0.3) is 0 Å². The topological polar surface area (TPSA) is 80.3 Å². The molecule has 144 valence electrons. The van der Waals surface area contributed by atoms with Crippen molar-refractivity contribution in [1.29, 1.82) is 0 Å². The minimum absolute atomic E-state index is 0.517. The van der Waals surface area contributed by atoms with E-state index in [1.54, 1.807) is 0 Å². The van der Waals surface area contributed by atoms with E-state index in [1.807, 2.05) is 0 Å². The van der Waals surface area contributed by atoms with Crippen molar-refractivity contribution in [2.75, 3.05) is 0 Å². The van der Waals surface area contributed by atoms with E-state index in [0.717, 1.165) is 0 Å². The Kier molecular flexibility index (Phi) is 13.2. The maximum atomic E-state index is 9.51. The first-order valence-electron chi connectivity index (χ1n) is 6.77. The predicted octanol–water partition coefficient (Wildman–Crippen LogP) is 1.55. The summed E-state index contributed by atoms with van der Waals surface area (Å²) in [5.41, 5.74) is 0.